The van der Waals surface area contributed by atoms with Crippen LogP contribution in [0.3, 0.4) is 0 Å². The van der Waals surface area contributed by atoms with Crippen molar-refractivity contribution in [3.05, 3.63) is 56.9 Å². The minimum Gasteiger partial charge on any atom is -0.315 e. The molecule has 154 valence electrons. The van der Waals surface area contributed by atoms with Crippen molar-refractivity contribution in [1.82, 2.24) is 5.32 Å². The number of anilines is 1. The van der Waals surface area contributed by atoms with Gasteiger partial charge in [0.25, 0.3) is 11.1 Å². The Bertz CT molecular complexity index is 1150. The number of nitrogens with one attached hydrogen (secondary N) is 1. The number of hydrogen-bond acceptors (Lipinski definition) is 4. The molecule has 0 saturated carbocycles. The summed E-state index contributed by atoms with van der Waals surface area (Å²) >= 11 is 7.42. The molecule has 1 fully saturated rings. The van der Waals surface area contributed by atoms with Gasteiger partial charge in [0.1, 0.15) is 0 Å². The monoisotopic (exact) mass is 440 g/mol. The average molecular weight is 441 g/mol. The number of imide groups is 1. The number of aryl methyl sites for hydroxylation is 1. The standard InChI is InChI=1S/C23H21ClN2O3S/c1-12-7-16-18(26(4)20(27)11-23(16,2)3)10-14(12)15-8-13(5-6-17(15)24)9-19-21(28)25-22(29)30-19/h5-10H,11H2,1-4H3,(H,25,28,29)/b19-9-. The molecule has 4 rings (SSSR count). The summed E-state index contributed by atoms with van der Waals surface area (Å²) in [5.41, 5.74) is 5.34. The number of carbonyl (C=O) groups is 3. The second kappa shape index (κ2) is 7.29. The van der Waals surface area contributed by atoms with Gasteiger partial charge in [-0.25, -0.2) is 0 Å². The van der Waals surface area contributed by atoms with Crippen molar-refractivity contribution in [3.63, 3.8) is 0 Å². The van der Waals surface area contributed by atoms with Gasteiger partial charge in [0.05, 0.1) is 4.91 Å². The van der Waals surface area contributed by atoms with Crippen LogP contribution in [0.1, 0.15) is 37.0 Å². The predicted octanol–water partition coefficient (Wildman–Crippen LogP) is 5.28. The first-order chi connectivity index (χ1) is 14.1. The lowest BCUT2D eigenvalue weighted by Crippen LogP contribution is -2.39. The number of hydrogen-bond donors (Lipinski definition) is 1. The Morgan fingerprint density at radius 2 is 1.87 bits per heavy atom. The molecule has 0 spiro atoms. The maximum atomic E-state index is 12.5. The number of fused-ring (bicyclic) bond motifs is 1. The molecular weight excluding hydrogens is 420 g/mol. The molecule has 2 aliphatic heterocycles. The number of halogens is 1. The predicted molar refractivity (Wildman–Crippen MR) is 122 cm³/mol. The minimum absolute atomic E-state index is 0.0841. The van der Waals surface area contributed by atoms with Crippen molar-refractivity contribution in [1.29, 1.82) is 0 Å². The summed E-state index contributed by atoms with van der Waals surface area (Å²) in [5, 5.41) is 2.46. The molecule has 2 heterocycles. The smallest absolute Gasteiger partial charge is 0.290 e. The largest absolute Gasteiger partial charge is 0.315 e. The molecule has 30 heavy (non-hydrogen) atoms. The van der Waals surface area contributed by atoms with Gasteiger partial charge in [-0.15, -0.1) is 0 Å². The van der Waals surface area contributed by atoms with Gasteiger partial charge in [0.2, 0.25) is 5.91 Å². The van der Waals surface area contributed by atoms with E-state index in [1.165, 1.54) is 0 Å². The van der Waals surface area contributed by atoms with Crippen molar-refractivity contribution >= 4 is 52.2 Å². The van der Waals surface area contributed by atoms with Crippen LogP contribution < -0.4 is 10.2 Å². The number of thioether (sulfide) groups is 1. The maximum Gasteiger partial charge on any atom is 0.290 e. The molecule has 3 amide bonds. The van der Waals surface area contributed by atoms with Gasteiger partial charge in [0, 0.05) is 35.2 Å². The second-order valence-corrected chi connectivity index (χ2v) is 9.71. The molecule has 2 aromatic carbocycles. The first-order valence-electron chi connectivity index (χ1n) is 9.53. The summed E-state index contributed by atoms with van der Waals surface area (Å²) < 4.78 is 0. The summed E-state index contributed by atoms with van der Waals surface area (Å²) in [6, 6.07) is 9.63. The van der Waals surface area contributed by atoms with E-state index in [9.17, 15) is 14.4 Å². The van der Waals surface area contributed by atoms with Crippen LogP contribution in [-0.4, -0.2) is 24.1 Å². The van der Waals surface area contributed by atoms with Crippen LogP contribution in [0.25, 0.3) is 17.2 Å². The van der Waals surface area contributed by atoms with Crippen LogP contribution in [0.5, 0.6) is 0 Å². The van der Waals surface area contributed by atoms with Crippen LogP contribution in [-0.2, 0) is 15.0 Å². The molecule has 5 nitrogen and oxygen atoms in total. The molecule has 1 N–H and O–H groups in total. The Labute approximate surface area is 184 Å². The van der Waals surface area contributed by atoms with Crippen LogP contribution in [0.15, 0.2) is 35.2 Å². The highest BCUT2D eigenvalue weighted by molar-refractivity contribution is 8.18. The highest BCUT2D eigenvalue weighted by atomic mass is 35.5. The van der Waals surface area contributed by atoms with E-state index in [2.05, 4.69) is 25.2 Å². The number of benzene rings is 2. The lowest BCUT2D eigenvalue weighted by molar-refractivity contribution is -0.119. The first-order valence-corrected chi connectivity index (χ1v) is 10.7. The fourth-order valence-corrected chi connectivity index (χ4v) is 4.85. The molecule has 0 aromatic heterocycles. The van der Waals surface area contributed by atoms with Gasteiger partial charge in [0.15, 0.2) is 0 Å². The van der Waals surface area contributed by atoms with Crippen molar-refractivity contribution in [3.8, 4) is 11.1 Å². The molecule has 0 aliphatic carbocycles. The molecule has 7 heteroatoms. The van der Waals surface area contributed by atoms with E-state index in [0.29, 0.717) is 16.3 Å². The zero-order chi connectivity index (χ0) is 21.8. The van der Waals surface area contributed by atoms with Crippen molar-refractivity contribution in [2.45, 2.75) is 32.6 Å². The maximum absolute atomic E-state index is 12.5. The quantitative estimate of drug-likeness (QED) is 0.645. The molecule has 0 bridgehead atoms. The van der Waals surface area contributed by atoms with Crippen molar-refractivity contribution < 1.29 is 14.4 Å². The zero-order valence-corrected chi connectivity index (χ0v) is 18.7. The Morgan fingerprint density at radius 1 is 1.13 bits per heavy atom. The summed E-state index contributed by atoms with van der Waals surface area (Å²) in [6.45, 7) is 6.20. The Morgan fingerprint density at radius 3 is 2.53 bits per heavy atom. The lowest BCUT2D eigenvalue weighted by atomic mass is 9.76. The van der Waals surface area contributed by atoms with E-state index in [0.717, 1.165) is 45.3 Å². The molecule has 0 radical (unpaired) electrons. The lowest BCUT2D eigenvalue weighted by Gasteiger charge is -2.37. The summed E-state index contributed by atoms with van der Waals surface area (Å²) in [4.78, 5) is 37.8. The number of carbonyl (C=O) groups excluding carboxylic acids is 3. The van der Waals surface area contributed by atoms with Gasteiger partial charge in [-0.05, 0) is 65.2 Å². The highest BCUT2D eigenvalue weighted by Crippen LogP contribution is 2.44. The van der Waals surface area contributed by atoms with Gasteiger partial charge < -0.3 is 4.90 Å². The number of rotatable bonds is 2. The van der Waals surface area contributed by atoms with Gasteiger partial charge in [-0.2, -0.15) is 0 Å². The van der Waals surface area contributed by atoms with E-state index < -0.39 is 5.91 Å². The van der Waals surface area contributed by atoms with Crippen LogP contribution in [0.4, 0.5) is 10.5 Å². The van der Waals surface area contributed by atoms with Crippen LogP contribution in [0.2, 0.25) is 5.02 Å². The third kappa shape index (κ3) is 3.55. The van der Waals surface area contributed by atoms with Crippen molar-refractivity contribution in [2.24, 2.45) is 0 Å². The Balaban J connectivity index is 1.84. The molecular formula is C23H21ClN2O3S. The third-order valence-electron chi connectivity index (χ3n) is 5.62. The van der Waals surface area contributed by atoms with Crippen LogP contribution >= 0.6 is 23.4 Å². The van der Waals surface area contributed by atoms with Gasteiger partial charge >= 0.3 is 0 Å². The molecule has 2 aliphatic rings. The first kappa shape index (κ1) is 20.7. The number of nitrogens with zero attached hydrogens (tertiary/aromatic N) is 1. The third-order valence-corrected chi connectivity index (χ3v) is 6.76. The van der Waals surface area contributed by atoms with Crippen LogP contribution in [0, 0.1) is 6.92 Å². The zero-order valence-electron chi connectivity index (χ0n) is 17.1. The Kier molecular flexibility index (Phi) is 5.03. The van der Waals surface area contributed by atoms with Crippen molar-refractivity contribution in [2.75, 3.05) is 11.9 Å². The van der Waals surface area contributed by atoms with E-state index in [1.807, 2.05) is 25.1 Å². The molecule has 0 atom stereocenters. The number of amides is 3. The van der Waals surface area contributed by atoms with E-state index in [-0.39, 0.29) is 16.6 Å². The normalized spacial score (nSPS) is 19.3. The minimum atomic E-state index is -0.395. The van der Waals surface area contributed by atoms with Gasteiger partial charge in [-0.3, -0.25) is 19.7 Å². The van der Waals surface area contributed by atoms with E-state index >= 15 is 0 Å². The highest BCUT2D eigenvalue weighted by Gasteiger charge is 2.35. The topological polar surface area (TPSA) is 66.5 Å². The molecule has 1 saturated heterocycles. The summed E-state index contributed by atoms with van der Waals surface area (Å²) in [7, 11) is 1.80. The van der Waals surface area contributed by atoms with E-state index in [1.54, 1.807) is 24.1 Å². The summed E-state index contributed by atoms with van der Waals surface area (Å²) in [6.07, 6.45) is 2.15. The summed E-state index contributed by atoms with van der Waals surface area (Å²) in [5.74, 6) is -0.311. The average Bonchev–Trinajstić information content (AvgIpc) is 2.98. The molecule has 2 aromatic rings. The van der Waals surface area contributed by atoms with E-state index in [4.69, 9.17) is 11.6 Å². The SMILES string of the molecule is Cc1cc2c(cc1-c1cc(/C=C3\SC(=O)NC3=O)ccc1Cl)N(C)C(=O)CC2(C)C. The Hall–Kier alpha value is -2.57. The molecule has 0 unspecified atom stereocenters. The van der Waals surface area contributed by atoms with Gasteiger partial charge in [-0.1, -0.05) is 37.6 Å². The second-order valence-electron chi connectivity index (χ2n) is 8.29. The fraction of sp³-hybridized carbons (Fsp3) is 0.261. The fourth-order valence-electron chi connectivity index (χ4n) is 3.94.